The smallest absolute Gasteiger partial charge is 0.137 e. The third-order valence-electron chi connectivity index (χ3n) is 4.89. The molecule has 0 aliphatic carbocycles. The first-order chi connectivity index (χ1) is 11.0. The van der Waals surface area contributed by atoms with Gasteiger partial charge in [0.2, 0.25) is 0 Å². The molecule has 0 aromatic carbocycles. The molecule has 0 saturated carbocycles. The molecule has 3 heterocycles. The average Bonchev–Trinajstić information content (AvgIpc) is 2.86. The first-order valence-electron chi connectivity index (χ1n) is 8.16. The van der Waals surface area contributed by atoms with E-state index in [-0.39, 0.29) is 5.69 Å². The molecule has 1 aliphatic rings. The first kappa shape index (κ1) is 16.0. The highest BCUT2D eigenvalue weighted by molar-refractivity contribution is 5.86. The molecular formula is C17H24N4O2. The second kappa shape index (κ2) is 6.29. The number of pyridine rings is 1. The highest BCUT2D eigenvalue weighted by atomic mass is 16.4. The maximum Gasteiger partial charge on any atom is 0.137 e. The molecule has 6 heteroatoms. The van der Waals surface area contributed by atoms with E-state index in [1.54, 1.807) is 4.90 Å². The van der Waals surface area contributed by atoms with E-state index < -0.39 is 5.97 Å². The third-order valence-corrected chi connectivity index (χ3v) is 4.89. The van der Waals surface area contributed by atoms with E-state index in [1.165, 1.54) is 0 Å². The van der Waals surface area contributed by atoms with Gasteiger partial charge in [-0.1, -0.05) is 6.07 Å². The van der Waals surface area contributed by atoms with Crippen molar-refractivity contribution in [2.75, 3.05) is 27.2 Å². The molecule has 0 spiro atoms. The number of carboxylic acid groups (broad SMARTS) is 1. The number of hydrogen-bond donors (Lipinski definition) is 1. The number of hydrogen-bond acceptors (Lipinski definition) is 4. The van der Waals surface area contributed by atoms with Gasteiger partial charge in [0.05, 0.1) is 31.8 Å². The molecule has 1 aliphatic heterocycles. The minimum absolute atomic E-state index is 0.0565. The van der Waals surface area contributed by atoms with Gasteiger partial charge >= 0.3 is 0 Å². The van der Waals surface area contributed by atoms with Gasteiger partial charge < -0.3 is 19.2 Å². The minimum Gasteiger partial charge on any atom is -0.543 e. The van der Waals surface area contributed by atoms with Crippen LogP contribution in [0, 0.1) is 6.92 Å². The molecule has 1 N–H and O–H groups in total. The summed E-state index contributed by atoms with van der Waals surface area (Å²) in [5.74, 6) is -1.21. The molecule has 1 saturated heterocycles. The third kappa shape index (κ3) is 3.23. The molecule has 0 amide bonds. The van der Waals surface area contributed by atoms with E-state index in [1.807, 2.05) is 29.7 Å². The number of nitrogens with zero attached hydrogens (tertiary/aromatic N) is 3. The summed E-state index contributed by atoms with van der Waals surface area (Å²) in [7, 11) is 4.29. The van der Waals surface area contributed by atoms with Crippen molar-refractivity contribution in [2.45, 2.75) is 32.4 Å². The predicted molar refractivity (Wildman–Crippen MR) is 85.4 cm³/mol. The van der Waals surface area contributed by atoms with Crippen molar-refractivity contribution < 1.29 is 14.8 Å². The SMILES string of the molecule is Cc1ccc2nc(C(=O)[O-])c(CN(C)C3CC[NH+](C)CC3)n2c1. The summed E-state index contributed by atoms with van der Waals surface area (Å²) in [6.45, 7) is 4.88. The predicted octanol–water partition coefficient (Wildman–Crippen LogP) is -0.885. The number of fused-ring (bicyclic) bond motifs is 1. The maximum atomic E-state index is 11.5. The first-order valence-corrected chi connectivity index (χ1v) is 8.16. The fourth-order valence-electron chi connectivity index (χ4n) is 3.42. The van der Waals surface area contributed by atoms with Crippen molar-refractivity contribution in [2.24, 2.45) is 0 Å². The zero-order valence-corrected chi connectivity index (χ0v) is 14.0. The lowest BCUT2D eigenvalue weighted by Gasteiger charge is -2.33. The van der Waals surface area contributed by atoms with Gasteiger partial charge in [-0.25, -0.2) is 4.98 Å². The van der Waals surface area contributed by atoms with Gasteiger partial charge in [-0.05, 0) is 25.6 Å². The van der Waals surface area contributed by atoms with Gasteiger partial charge in [-0.2, -0.15) is 0 Å². The molecule has 0 radical (unpaired) electrons. The zero-order valence-electron chi connectivity index (χ0n) is 14.0. The van der Waals surface area contributed by atoms with Crippen molar-refractivity contribution >= 4 is 11.6 Å². The second-order valence-electron chi connectivity index (χ2n) is 6.73. The summed E-state index contributed by atoms with van der Waals surface area (Å²) in [5, 5.41) is 11.5. The van der Waals surface area contributed by atoms with Gasteiger partial charge in [0.25, 0.3) is 0 Å². The average molecular weight is 316 g/mol. The van der Waals surface area contributed by atoms with Crippen molar-refractivity contribution in [3.8, 4) is 0 Å². The van der Waals surface area contributed by atoms with Crippen LogP contribution in [0.3, 0.4) is 0 Å². The molecule has 23 heavy (non-hydrogen) atoms. The Morgan fingerprint density at radius 2 is 2.13 bits per heavy atom. The highest BCUT2D eigenvalue weighted by Crippen LogP contribution is 2.18. The molecule has 1 fully saturated rings. The van der Waals surface area contributed by atoms with Crippen molar-refractivity contribution in [3.05, 3.63) is 35.3 Å². The molecule has 0 bridgehead atoms. The van der Waals surface area contributed by atoms with Crippen LogP contribution in [0.2, 0.25) is 0 Å². The number of carbonyl (C=O) groups is 1. The molecular weight excluding hydrogens is 292 g/mol. The van der Waals surface area contributed by atoms with Crippen LogP contribution in [0.5, 0.6) is 0 Å². The number of rotatable bonds is 4. The summed E-state index contributed by atoms with van der Waals surface area (Å²) in [6.07, 6.45) is 4.22. The topological polar surface area (TPSA) is 65.1 Å². The molecule has 6 nitrogen and oxygen atoms in total. The standard InChI is InChI=1S/C17H24N4O2/c1-12-4-5-15-18-16(17(22)23)14(21(15)10-12)11-20(3)13-6-8-19(2)9-7-13/h4-5,10,13H,6-9,11H2,1-3H3,(H,22,23). The number of aromatic nitrogens is 2. The Bertz CT molecular complexity index is 717. The molecule has 2 aromatic heterocycles. The Morgan fingerprint density at radius 1 is 1.43 bits per heavy atom. The van der Waals surface area contributed by atoms with E-state index in [4.69, 9.17) is 0 Å². The van der Waals surface area contributed by atoms with Crippen LogP contribution in [-0.2, 0) is 6.54 Å². The van der Waals surface area contributed by atoms with Gasteiger partial charge in [-0.3, -0.25) is 4.90 Å². The van der Waals surface area contributed by atoms with Crippen molar-refractivity contribution in [1.82, 2.24) is 14.3 Å². The number of quaternary nitrogens is 1. The molecule has 124 valence electrons. The fraction of sp³-hybridized carbons (Fsp3) is 0.529. The molecule has 3 rings (SSSR count). The van der Waals surface area contributed by atoms with Crippen LogP contribution in [-0.4, -0.2) is 53.5 Å². The summed E-state index contributed by atoms with van der Waals surface area (Å²) < 4.78 is 1.89. The highest BCUT2D eigenvalue weighted by Gasteiger charge is 2.24. The zero-order chi connectivity index (χ0) is 16.6. The number of aryl methyl sites for hydroxylation is 1. The largest absolute Gasteiger partial charge is 0.543 e. The van der Waals surface area contributed by atoms with E-state index in [9.17, 15) is 9.90 Å². The Kier molecular flexibility index (Phi) is 4.37. The monoisotopic (exact) mass is 316 g/mol. The number of likely N-dealkylation sites (tertiary alicyclic amines) is 1. The summed E-state index contributed by atoms with van der Waals surface area (Å²) in [4.78, 5) is 19.5. The van der Waals surface area contributed by atoms with Crippen LogP contribution >= 0.6 is 0 Å². The summed E-state index contributed by atoms with van der Waals surface area (Å²) in [5.41, 5.74) is 2.50. The van der Waals surface area contributed by atoms with E-state index >= 15 is 0 Å². The second-order valence-corrected chi connectivity index (χ2v) is 6.73. The summed E-state index contributed by atoms with van der Waals surface area (Å²) >= 11 is 0. The van der Waals surface area contributed by atoms with Gasteiger partial charge in [-0.15, -0.1) is 0 Å². The van der Waals surface area contributed by atoms with Crippen LogP contribution in [0.1, 0.15) is 34.6 Å². The Labute approximate surface area is 136 Å². The van der Waals surface area contributed by atoms with E-state index in [0.717, 1.165) is 31.5 Å². The van der Waals surface area contributed by atoms with Gasteiger partial charge in [0, 0.05) is 31.6 Å². The Balaban J connectivity index is 1.90. The lowest BCUT2D eigenvalue weighted by molar-refractivity contribution is -0.885. The maximum absolute atomic E-state index is 11.5. The van der Waals surface area contributed by atoms with E-state index in [0.29, 0.717) is 23.9 Å². The number of imidazole rings is 1. The van der Waals surface area contributed by atoms with Crippen LogP contribution in [0.15, 0.2) is 18.3 Å². The van der Waals surface area contributed by atoms with Gasteiger partial charge in [0.15, 0.2) is 0 Å². The Morgan fingerprint density at radius 3 is 2.78 bits per heavy atom. The normalized spacial score (nSPS) is 21.9. The molecule has 0 atom stereocenters. The van der Waals surface area contributed by atoms with Crippen molar-refractivity contribution in [1.29, 1.82) is 0 Å². The number of aromatic carboxylic acids is 1. The Hall–Kier alpha value is -1.92. The quantitative estimate of drug-likeness (QED) is 0.795. The molecule has 2 aromatic rings. The number of carbonyl (C=O) groups excluding carboxylic acids is 1. The molecule has 0 unspecified atom stereocenters. The van der Waals surface area contributed by atoms with Crippen molar-refractivity contribution in [3.63, 3.8) is 0 Å². The number of piperidine rings is 1. The van der Waals surface area contributed by atoms with E-state index in [2.05, 4.69) is 24.0 Å². The van der Waals surface area contributed by atoms with Gasteiger partial charge in [0.1, 0.15) is 11.3 Å². The minimum atomic E-state index is -1.21. The fourth-order valence-corrected chi connectivity index (χ4v) is 3.42. The summed E-state index contributed by atoms with van der Waals surface area (Å²) in [6, 6.07) is 4.28. The van der Waals surface area contributed by atoms with Crippen LogP contribution in [0.25, 0.3) is 5.65 Å². The number of nitrogens with one attached hydrogen (secondary N) is 1. The lowest BCUT2D eigenvalue weighted by atomic mass is 10.0. The van der Waals surface area contributed by atoms with Crippen LogP contribution in [0.4, 0.5) is 0 Å². The number of carboxylic acids is 1. The van der Waals surface area contributed by atoms with Crippen LogP contribution < -0.4 is 10.0 Å². The lowest BCUT2D eigenvalue weighted by Crippen LogP contribution is -3.10.